The normalized spacial score (nSPS) is 10.9. The zero-order chi connectivity index (χ0) is 11.6. The summed E-state index contributed by atoms with van der Waals surface area (Å²) in [4.78, 5) is 0. The van der Waals surface area contributed by atoms with Crippen LogP contribution in [0, 0.1) is 0 Å². The number of nitrogens with zero attached hydrogens (tertiary/aromatic N) is 3. The van der Waals surface area contributed by atoms with Gasteiger partial charge in [-0.05, 0) is 13.0 Å². The molecule has 6 heteroatoms. The van der Waals surface area contributed by atoms with Crippen LogP contribution in [0.25, 0.3) is 0 Å². The lowest BCUT2D eigenvalue weighted by molar-refractivity contribution is 0.0694. The third-order valence-corrected chi connectivity index (χ3v) is 2.03. The topological polar surface area (TPSA) is 61.2 Å². The first-order valence-electron chi connectivity index (χ1n) is 5.45. The van der Waals surface area contributed by atoms with E-state index in [1.807, 2.05) is 13.2 Å². The lowest BCUT2D eigenvalue weighted by Gasteiger charge is -2.04. The van der Waals surface area contributed by atoms with Crippen molar-refractivity contribution >= 4 is 0 Å². The Morgan fingerprint density at radius 2 is 2.25 bits per heavy atom. The Kier molecular flexibility index (Phi) is 6.71. The molecule has 0 aliphatic rings. The molecule has 0 spiro atoms. The highest BCUT2D eigenvalue weighted by Gasteiger charge is 1.96. The fourth-order valence-electron chi connectivity index (χ4n) is 1.24. The highest BCUT2D eigenvalue weighted by molar-refractivity contribution is 4.90. The Bertz CT molecular complexity index is 278. The quantitative estimate of drug-likeness (QED) is 0.601. The molecular formula is C10H20N4O2. The van der Waals surface area contributed by atoms with Crippen molar-refractivity contribution in [2.75, 3.05) is 33.5 Å². The SMILES string of the molecule is COCCOCCCNCc1cn(C)nn1. The number of aromatic nitrogens is 3. The average molecular weight is 228 g/mol. The Labute approximate surface area is 95.9 Å². The fraction of sp³-hybridized carbons (Fsp3) is 0.800. The molecule has 0 saturated heterocycles. The summed E-state index contributed by atoms with van der Waals surface area (Å²) in [6.45, 7) is 3.76. The van der Waals surface area contributed by atoms with Crippen LogP contribution in [-0.4, -0.2) is 48.5 Å². The van der Waals surface area contributed by atoms with Crippen LogP contribution in [0.3, 0.4) is 0 Å². The van der Waals surface area contributed by atoms with E-state index in [0.717, 1.165) is 31.8 Å². The van der Waals surface area contributed by atoms with E-state index in [-0.39, 0.29) is 0 Å². The van der Waals surface area contributed by atoms with Crippen molar-refractivity contribution in [3.63, 3.8) is 0 Å². The predicted molar refractivity (Wildman–Crippen MR) is 60.0 cm³/mol. The molecule has 1 aromatic heterocycles. The first-order valence-corrected chi connectivity index (χ1v) is 5.45. The van der Waals surface area contributed by atoms with E-state index in [2.05, 4.69) is 15.6 Å². The Morgan fingerprint density at radius 3 is 2.94 bits per heavy atom. The van der Waals surface area contributed by atoms with Gasteiger partial charge < -0.3 is 14.8 Å². The smallest absolute Gasteiger partial charge is 0.0964 e. The molecule has 1 N–H and O–H groups in total. The van der Waals surface area contributed by atoms with Crippen LogP contribution in [0.2, 0.25) is 0 Å². The third-order valence-electron chi connectivity index (χ3n) is 2.03. The summed E-state index contributed by atoms with van der Waals surface area (Å²) in [5.41, 5.74) is 0.961. The van der Waals surface area contributed by atoms with Crippen LogP contribution in [0.5, 0.6) is 0 Å². The van der Waals surface area contributed by atoms with Gasteiger partial charge in [-0.1, -0.05) is 5.21 Å². The molecule has 1 rings (SSSR count). The summed E-state index contributed by atoms with van der Waals surface area (Å²) in [6.07, 6.45) is 2.89. The summed E-state index contributed by atoms with van der Waals surface area (Å²) in [6, 6.07) is 0. The number of rotatable bonds is 9. The Morgan fingerprint density at radius 1 is 1.38 bits per heavy atom. The van der Waals surface area contributed by atoms with Crippen molar-refractivity contribution in [2.45, 2.75) is 13.0 Å². The van der Waals surface area contributed by atoms with Gasteiger partial charge in [0.15, 0.2) is 0 Å². The van der Waals surface area contributed by atoms with Crippen molar-refractivity contribution in [1.29, 1.82) is 0 Å². The molecule has 1 aromatic rings. The van der Waals surface area contributed by atoms with Crippen LogP contribution in [0.15, 0.2) is 6.20 Å². The minimum absolute atomic E-state index is 0.660. The predicted octanol–water partition coefficient (Wildman–Crippen LogP) is -0.0422. The monoisotopic (exact) mass is 228 g/mol. The number of aryl methyl sites for hydroxylation is 1. The fourth-order valence-corrected chi connectivity index (χ4v) is 1.24. The summed E-state index contributed by atoms with van der Waals surface area (Å²) in [5, 5.41) is 11.1. The van der Waals surface area contributed by atoms with E-state index < -0.39 is 0 Å². The van der Waals surface area contributed by atoms with Crippen LogP contribution < -0.4 is 5.32 Å². The van der Waals surface area contributed by atoms with E-state index in [4.69, 9.17) is 9.47 Å². The first-order chi connectivity index (χ1) is 7.83. The minimum Gasteiger partial charge on any atom is -0.382 e. The molecule has 0 aromatic carbocycles. The summed E-state index contributed by atoms with van der Waals surface area (Å²) >= 11 is 0. The maximum atomic E-state index is 5.33. The van der Waals surface area contributed by atoms with Crippen molar-refractivity contribution in [2.24, 2.45) is 7.05 Å². The molecule has 0 radical (unpaired) electrons. The Hall–Kier alpha value is -0.980. The summed E-state index contributed by atoms with van der Waals surface area (Å²) < 4.78 is 11.9. The van der Waals surface area contributed by atoms with Gasteiger partial charge in [0.2, 0.25) is 0 Å². The highest BCUT2D eigenvalue weighted by atomic mass is 16.5. The molecule has 92 valence electrons. The molecule has 6 nitrogen and oxygen atoms in total. The number of ether oxygens (including phenoxy) is 2. The number of nitrogens with one attached hydrogen (secondary N) is 1. The second kappa shape index (κ2) is 8.20. The van der Waals surface area contributed by atoms with Crippen LogP contribution in [0.4, 0.5) is 0 Å². The van der Waals surface area contributed by atoms with Gasteiger partial charge in [-0.15, -0.1) is 5.10 Å². The maximum absolute atomic E-state index is 5.33. The molecule has 0 fully saturated rings. The van der Waals surface area contributed by atoms with Gasteiger partial charge in [0.05, 0.1) is 18.9 Å². The van der Waals surface area contributed by atoms with E-state index in [1.165, 1.54) is 0 Å². The second-order valence-electron chi connectivity index (χ2n) is 3.52. The standard InChI is InChI=1S/C10H20N4O2/c1-14-9-10(12-13-14)8-11-4-3-5-16-7-6-15-2/h9,11H,3-8H2,1-2H3. The molecule has 0 atom stereocenters. The Balaban J connectivity index is 1.88. The van der Waals surface area contributed by atoms with Gasteiger partial charge in [0.1, 0.15) is 0 Å². The molecule has 0 unspecified atom stereocenters. The van der Waals surface area contributed by atoms with Gasteiger partial charge in [-0.25, -0.2) is 0 Å². The zero-order valence-corrected chi connectivity index (χ0v) is 9.98. The molecule has 0 aliphatic heterocycles. The third kappa shape index (κ3) is 5.79. The number of hydrogen-bond acceptors (Lipinski definition) is 5. The van der Waals surface area contributed by atoms with Gasteiger partial charge in [-0.2, -0.15) is 0 Å². The summed E-state index contributed by atoms with van der Waals surface area (Å²) in [5.74, 6) is 0. The highest BCUT2D eigenvalue weighted by Crippen LogP contribution is 1.90. The second-order valence-corrected chi connectivity index (χ2v) is 3.52. The molecule has 16 heavy (non-hydrogen) atoms. The van der Waals surface area contributed by atoms with Gasteiger partial charge >= 0.3 is 0 Å². The zero-order valence-electron chi connectivity index (χ0n) is 9.98. The minimum atomic E-state index is 0.660. The molecule has 0 amide bonds. The van der Waals surface area contributed by atoms with Crippen molar-refractivity contribution in [3.05, 3.63) is 11.9 Å². The molecule has 0 bridgehead atoms. The van der Waals surface area contributed by atoms with Crippen LogP contribution in [0.1, 0.15) is 12.1 Å². The largest absolute Gasteiger partial charge is 0.382 e. The van der Waals surface area contributed by atoms with E-state index >= 15 is 0 Å². The maximum Gasteiger partial charge on any atom is 0.0964 e. The molecule has 0 saturated carbocycles. The van der Waals surface area contributed by atoms with E-state index in [9.17, 15) is 0 Å². The van der Waals surface area contributed by atoms with Crippen LogP contribution >= 0.6 is 0 Å². The number of hydrogen-bond donors (Lipinski definition) is 1. The average Bonchev–Trinajstić information content (AvgIpc) is 2.68. The summed E-state index contributed by atoms with van der Waals surface area (Å²) in [7, 11) is 3.53. The van der Waals surface area contributed by atoms with Gasteiger partial charge in [0.25, 0.3) is 0 Å². The van der Waals surface area contributed by atoms with Crippen LogP contribution in [-0.2, 0) is 23.1 Å². The van der Waals surface area contributed by atoms with E-state index in [0.29, 0.717) is 13.2 Å². The molecule has 1 heterocycles. The van der Waals surface area contributed by atoms with Crippen molar-refractivity contribution in [1.82, 2.24) is 20.3 Å². The van der Waals surface area contributed by atoms with E-state index in [1.54, 1.807) is 11.8 Å². The van der Waals surface area contributed by atoms with Gasteiger partial charge in [0, 0.05) is 33.5 Å². The lowest BCUT2D eigenvalue weighted by Crippen LogP contribution is -2.17. The molecular weight excluding hydrogens is 208 g/mol. The first kappa shape index (κ1) is 13.1. The molecule has 0 aliphatic carbocycles. The van der Waals surface area contributed by atoms with Crippen molar-refractivity contribution in [3.8, 4) is 0 Å². The number of methoxy groups -OCH3 is 1. The van der Waals surface area contributed by atoms with Crippen molar-refractivity contribution < 1.29 is 9.47 Å². The van der Waals surface area contributed by atoms with Gasteiger partial charge in [-0.3, -0.25) is 4.68 Å². The lowest BCUT2D eigenvalue weighted by atomic mass is 10.4.